The minimum Gasteiger partial charge on any atom is -0.492 e. The lowest BCUT2D eigenvalue weighted by atomic mass is 10.1. The predicted octanol–water partition coefficient (Wildman–Crippen LogP) is 2.86. The van der Waals surface area contributed by atoms with Gasteiger partial charge in [-0.05, 0) is 17.7 Å². The van der Waals surface area contributed by atoms with Crippen molar-refractivity contribution in [1.29, 1.82) is 0 Å². The van der Waals surface area contributed by atoms with Gasteiger partial charge < -0.3 is 9.52 Å². The van der Waals surface area contributed by atoms with Crippen molar-refractivity contribution >= 4 is 35.5 Å². The number of oxazole rings is 1. The van der Waals surface area contributed by atoms with E-state index >= 15 is 0 Å². The first-order valence-electron chi connectivity index (χ1n) is 5.41. The summed E-state index contributed by atoms with van der Waals surface area (Å²) in [6, 6.07) is 7.32. The monoisotopic (exact) mass is 293 g/mol. The van der Waals surface area contributed by atoms with E-state index in [-0.39, 0.29) is 22.3 Å². The number of hydrogen-bond acceptors (Lipinski definition) is 6. The smallest absolute Gasteiger partial charge is 0.255 e. The average molecular weight is 294 g/mol. The fraction of sp³-hybridized carbons (Fsp3) is 0.0833. The van der Waals surface area contributed by atoms with Crippen LogP contribution in [0.15, 0.2) is 33.9 Å². The predicted molar refractivity (Wildman–Crippen MR) is 72.8 cm³/mol. The zero-order chi connectivity index (χ0) is 13.4. The van der Waals surface area contributed by atoms with Gasteiger partial charge in [-0.3, -0.25) is 0 Å². The second kappa shape index (κ2) is 4.71. The van der Waals surface area contributed by atoms with Crippen LogP contribution in [0, 0.1) is 0 Å². The highest BCUT2D eigenvalue weighted by molar-refractivity contribution is 7.80. The zero-order valence-electron chi connectivity index (χ0n) is 9.54. The lowest BCUT2D eigenvalue weighted by Crippen LogP contribution is -1.96. The summed E-state index contributed by atoms with van der Waals surface area (Å²) in [4.78, 5) is 12.1. The van der Waals surface area contributed by atoms with Crippen molar-refractivity contribution in [3.8, 4) is 5.88 Å². The molecule has 2 aromatic heterocycles. The van der Waals surface area contributed by atoms with Gasteiger partial charge in [-0.25, -0.2) is 0 Å². The highest BCUT2D eigenvalue weighted by atomic mass is 35.5. The summed E-state index contributed by atoms with van der Waals surface area (Å²) in [6.45, 7) is 0. The summed E-state index contributed by atoms with van der Waals surface area (Å²) in [6.07, 6.45) is 0.462. The highest BCUT2D eigenvalue weighted by Crippen LogP contribution is 2.23. The van der Waals surface area contributed by atoms with E-state index in [1.54, 1.807) is 12.1 Å². The molecule has 0 aliphatic heterocycles. The molecule has 0 fully saturated rings. The molecule has 0 bridgehead atoms. The molecule has 3 rings (SSSR count). The van der Waals surface area contributed by atoms with Gasteiger partial charge in [0, 0.05) is 11.4 Å². The Hall–Kier alpha value is -1.79. The van der Waals surface area contributed by atoms with Crippen molar-refractivity contribution < 1.29 is 9.52 Å². The third-order valence-corrected chi connectivity index (χ3v) is 2.99. The Morgan fingerprint density at radius 2 is 1.89 bits per heavy atom. The van der Waals surface area contributed by atoms with Crippen LogP contribution in [0.3, 0.4) is 0 Å². The molecule has 0 unspecified atom stereocenters. The Bertz CT molecular complexity index is 743. The number of aromatic nitrogens is 3. The largest absolute Gasteiger partial charge is 0.492 e. The Morgan fingerprint density at radius 3 is 2.63 bits per heavy atom. The van der Waals surface area contributed by atoms with Crippen molar-refractivity contribution in [1.82, 2.24) is 15.0 Å². The van der Waals surface area contributed by atoms with Crippen LogP contribution >= 0.6 is 24.2 Å². The summed E-state index contributed by atoms with van der Waals surface area (Å²) in [5.41, 5.74) is 1.42. The van der Waals surface area contributed by atoms with Gasteiger partial charge in [-0.1, -0.05) is 36.4 Å². The van der Waals surface area contributed by atoms with Gasteiger partial charge in [-0.15, -0.1) is 0 Å². The lowest BCUT2D eigenvalue weighted by molar-refractivity contribution is 0.454. The number of hydrogen-bond donors (Lipinski definition) is 2. The highest BCUT2D eigenvalue weighted by Gasteiger charge is 2.13. The van der Waals surface area contributed by atoms with Crippen LogP contribution in [0.1, 0.15) is 11.4 Å². The van der Waals surface area contributed by atoms with Gasteiger partial charge in [0.2, 0.25) is 5.88 Å². The molecule has 1 aromatic carbocycles. The summed E-state index contributed by atoms with van der Waals surface area (Å²) >= 11 is 9.78. The maximum absolute atomic E-state index is 9.76. The Morgan fingerprint density at radius 1 is 1.16 bits per heavy atom. The number of fused-ring (bicyclic) bond motifs is 1. The molecule has 2 heterocycles. The van der Waals surface area contributed by atoms with Crippen molar-refractivity contribution in [3.05, 3.63) is 40.7 Å². The number of halogens is 1. The first-order chi connectivity index (χ1) is 9.11. The van der Waals surface area contributed by atoms with Crippen molar-refractivity contribution in [2.24, 2.45) is 0 Å². The molecule has 1 N–H and O–H groups in total. The molecule has 5 nitrogen and oxygen atoms in total. The lowest BCUT2D eigenvalue weighted by Gasteiger charge is -2.01. The molecule has 0 atom stereocenters. The van der Waals surface area contributed by atoms with E-state index in [9.17, 15) is 5.11 Å². The molecule has 0 spiro atoms. The van der Waals surface area contributed by atoms with E-state index < -0.39 is 0 Å². The van der Waals surface area contributed by atoms with E-state index in [0.29, 0.717) is 17.3 Å². The third-order valence-electron chi connectivity index (χ3n) is 2.55. The molecule has 19 heavy (non-hydrogen) atoms. The molecule has 0 saturated heterocycles. The minimum atomic E-state index is -0.210. The van der Waals surface area contributed by atoms with Crippen LogP contribution < -0.4 is 0 Å². The number of aromatic hydroxyl groups is 1. The molecular formula is C12H8ClN3O2S. The second-order valence-electron chi connectivity index (χ2n) is 3.92. The van der Waals surface area contributed by atoms with Gasteiger partial charge >= 0.3 is 0 Å². The number of rotatable bonds is 2. The Balaban J connectivity index is 1.98. The SMILES string of the molecule is Oc1nc(Cc2ccc(Cl)cc2)nc2oc(S)nc12. The van der Waals surface area contributed by atoms with Crippen LogP contribution in [0.4, 0.5) is 0 Å². The molecule has 0 saturated carbocycles. The maximum atomic E-state index is 9.76. The van der Waals surface area contributed by atoms with E-state index in [1.165, 1.54) is 0 Å². The molecule has 0 radical (unpaired) electrons. The van der Waals surface area contributed by atoms with Crippen LogP contribution in [-0.2, 0) is 6.42 Å². The summed E-state index contributed by atoms with van der Waals surface area (Å²) in [5, 5.41) is 10.6. The van der Waals surface area contributed by atoms with Crippen molar-refractivity contribution in [2.75, 3.05) is 0 Å². The number of benzene rings is 1. The average Bonchev–Trinajstić information content (AvgIpc) is 2.73. The molecule has 0 aliphatic carbocycles. The van der Waals surface area contributed by atoms with Crippen LogP contribution in [0.2, 0.25) is 5.02 Å². The maximum Gasteiger partial charge on any atom is 0.255 e. The summed E-state index contributed by atoms with van der Waals surface area (Å²) < 4.78 is 5.17. The third kappa shape index (κ3) is 2.50. The second-order valence-corrected chi connectivity index (χ2v) is 4.74. The van der Waals surface area contributed by atoms with E-state index in [1.807, 2.05) is 12.1 Å². The van der Waals surface area contributed by atoms with E-state index in [2.05, 4.69) is 27.6 Å². The van der Waals surface area contributed by atoms with Gasteiger partial charge in [0.15, 0.2) is 5.52 Å². The Kier molecular flexibility index (Phi) is 3.04. The zero-order valence-corrected chi connectivity index (χ0v) is 11.2. The standard InChI is InChI=1S/C12H8ClN3O2S/c13-7-3-1-6(2-4-7)5-8-14-10(17)9-11(15-8)18-12(19)16-9/h1-4H,5H2,(H,16,19)(H,14,15,17). The molecule has 96 valence electrons. The minimum absolute atomic E-state index is 0.142. The van der Waals surface area contributed by atoms with Crippen molar-refractivity contribution in [3.63, 3.8) is 0 Å². The first kappa shape index (κ1) is 12.3. The fourth-order valence-corrected chi connectivity index (χ4v) is 2.02. The van der Waals surface area contributed by atoms with Crippen LogP contribution in [0.5, 0.6) is 5.88 Å². The van der Waals surface area contributed by atoms with Gasteiger partial charge in [0.1, 0.15) is 5.82 Å². The first-order valence-corrected chi connectivity index (χ1v) is 6.24. The number of thiol groups is 1. The normalized spacial score (nSPS) is 11.1. The van der Waals surface area contributed by atoms with Gasteiger partial charge in [0.05, 0.1) is 0 Å². The van der Waals surface area contributed by atoms with Crippen molar-refractivity contribution in [2.45, 2.75) is 11.6 Å². The molecule has 0 amide bonds. The quantitative estimate of drug-likeness (QED) is 0.711. The Labute approximate surface area is 118 Å². The fourth-order valence-electron chi connectivity index (χ4n) is 1.70. The summed E-state index contributed by atoms with van der Waals surface area (Å²) in [5.74, 6) is 0.231. The van der Waals surface area contributed by atoms with Gasteiger partial charge in [-0.2, -0.15) is 15.0 Å². The van der Waals surface area contributed by atoms with Crippen LogP contribution in [-0.4, -0.2) is 20.1 Å². The van der Waals surface area contributed by atoms with E-state index in [0.717, 1.165) is 5.56 Å². The molecule has 0 aliphatic rings. The molecule has 3 aromatic rings. The topological polar surface area (TPSA) is 72.0 Å². The van der Waals surface area contributed by atoms with E-state index in [4.69, 9.17) is 16.0 Å². The van der Waals surface area contributed by atoms with Gasteiger partial charge in [0.25, 0.3) is 10.9 Å². The summed E-state index contributed by atoms with van der Waals surface area (Å²) in [7, 11) is 0. The number of nitrogens with zero attached hydrogens (tertiary/aromatic N) is 3. The molecule has 7 heteroatoms. The van der Waals surface area contributed by atoms with Crippen LogP contribution in [0.25, 0.3) is 11.2 Å². The molecular weight excluding hydrogens is 286 g/mol.